The van der Waals surface area contributed by atoms with Crippen LogP contribution in [-0.4, -0.2) is 41.3 Å². The molecular formula is C16H20N4O3. The van der Waals surface area contributed by atoms with E-state index < -0.39 is 0 Å². The summed E-state index contributed by atoms with van der Waals surface area (Å²) in [6.45, 7) is 3.19. The Kier molecular flexibility index (Phi) is 4.45. The van der Waals surface area contributed by atoms with Crippen molar-refractivity contribution in [2.24, 2.45) is 0 Å². The van der Waals surface area contributed by atoms with Gasteiger partial charge in [-0.1, -0.05) is 17.3 Å². The first-order valence-corrected chi connectivity index (χ1v) is 7.76. The van der Waals surface area contributed by atoms with E-state index in [1.54, 1.807) is 12.0 Å². The average Bonchev–Trinajstić information content (AvgIpc) is 3.23. The van der Waals surface area contributed by atoms with E-state index in [0.29, 0.717) is 30.6 Å². The number of amides is 2. The molecule has 3 rings (SSSR count). The molecule has 1 atom stereocenters. The number of hydrogen-bond acceptors (Lipinski definition) is 5. The molecule has 0 radical (unpaired) electrons. The molecule has 23 heavy (non-hydrogen) atoms. The summed E-state index contributed by atoms with van der Waals surface area (Å²) >= 11 is 0. The average molecular weight is 316 g/mol. The van der Waals surface area contributed by atoms with Crippen LogP contribution < -0.4 is 10.1 Å². The van der Waals surface area contributed by atoms with E-state index in [2.05, 4.69) is 15.5 Å². The molecule has 122 valence electrons. The molecule has 0 aliphatic carbocycles. The van der Waals surface area contributed by atoms with Gasteiger partial charge in [0.15, 0.2) is 0 Å². The Balaban J connectivity index is 1.85. The second kappa shape index (κ2) is 6.68. The van der Waals surface area contributed by atoms with Crippen molar-refractivity contribution in [3.63, 3.8) is 0 Å². The highest BCUT2D eigenvalue weighted by atomic mass is 16.5. The van der Waals surface area contributed by atoms with Crippen molar-refractivity contribution in [3.05, 3.63) is 30.2 Å². The zero-order chi connectivity index (χ0) is 16.2. The van der Waals surface area contributed by atoms with Crippen LogP contribution in [0.4, 0.5) is 4.79 Å². The van der Waals surface area contributed by atoms with Crippen LogP contribution in [0.25, 0.3) is 11.4 Å². The fourth-order valence-electron chi connectivity index (χ4n) is 2.83. The molecule has 0 spiro atoms. The van der Waals surface area contributed by atoms with Gasteiger partial charge in [0.05, 0.1) is 12.7 Å². The van der Waals surface area contributed by atoms with Crippen molar-refractivity contribution >= 4 is 6.03 Å². The molecule has 1 fully saturated rings. The van der Waals surface area contributed by atoms with Gasteiger partial charge in [0.1, 0.15) is 11.8 Å². The number of likely N-dealkylation sites (tertiary alicyclic amines) is 1. The zero-order valence-electron chi connectivity index (χ0n) is 13.3. The topological polar surface area (TPSA) is 80.5 Å². The molecule has 2 heterocycles. The summed E-state index contributed by atoms with van der Waals surface area (Å²) in [4.78, 5) is 18.3. The lowest BCUT2D eigenvalue weighted by Gasteiger charge is -2.21. The smallest absolute Gasteiger partial charge is 0.318 e. The lowest BCUT2D eigenvalue weighted by molar-refractivity contribution is 0.181. The molecule has 0 saturated carbocycles. The monoisotopic (exact) mass is 316 g/mol. The number of hydrogen-bond donors (Lipinski definition) is 1. The minimum absolute atomic E-state index is 0.0907. The molecule has 1 aromatic carbocycles. The van der Waals surface area contributed by atoms with E-state index in [9.17, 15) is 4.79 Å². The van der Waals surface area contributed by atoms with Gasteiger partial charge < -0.3 is 19.5 Å². The molecule has 0 bridgehead atoms. The van der Waals surface area contributed by atoms with Gasteiger partial charge in [-0.3, -0.25) is 0 Å². The SMILES string of the molecule is CCNC(=O)N1CCC[C@H]1c1nc(-c2ccccc2OC)no1. The van der Waals surface area contributed by atoms with E-state index in [1.165, 1.54) is 0 Å². The fraction of sp³-hybridized carbons (Fsp3) is 0.438. The first-order valence-electron chi connectivity index (χ1n) is 7.76. The van der Waals surface area contributed by atoms with Crippen LogP contribution in [0.5, 0.6) is 5.75 Å². The van der Waals surface area contributed by atoms with Crippen molar-refractivity contribution in [1.29, 1.82) is 0 Å². The molecule has 7 heteroatoms. The second-order valence-corrected chi connectivity index (χ2v) is 5.34. The first-order chi connectivity index (χ1) is 11.2. The summed E-state index contributed by atoms with van der Waals surface area (Å²) in [5.41, 5.74) is 0.771. The molecule has 0 unspecified atom stereocenters. The number of benzene rings is 1. The fourth-order valence-corrected chi connectivity index (χ4v) is 2.83. The Morgan fingerprint density at radius 1 is 1.48 bits per heavy atom. The molecule has 1 aliphatic heterocycles. The zero-order valence-corrected chi connectivity index (χ0v) is 13.3. The quantitative estimate of drug-likeness (QED) is 0.938. The largest absolute Gasteiger partial charge is 0.496 e. The molecule has 2 amide bonds. The number of ether oxygens (including phenoxy) is 1. The molecule has 1 saturated heterocycles. The lowest BCUT2D eigenvalue weighted by Crippen LogP contribution is -2.39. The number of nitrogens with zero attached hydrogens (tertiary/aromatic N) is 3. The lowest BCUT2D eigenvalue weighted by atomic mass is 10.2. The third-order valence-corrected chi connectivity index (χ3v) is 3.92. The summed E-state index contributed by atoms with van der Waals surface area (Å²) in [5, 5.41) is 6.88. The van der Waals surface area contributed by atoms with E-state index >= 15 is 0 Å². The Morgan fingerprint density at radius 3 is 3.09 bits per heavy atom. The van der Waals surface area contributed by atoms with Crippen LogP contribution in [0.1, 0.15) is 31.7 Å². The molecule has 1 aliphatic rings. The predicted molar refractivity (Wildman–Crippen MR) is 84.0 cm³/mol. The Labute approximate surface area is 134 Å². The van der Waals surface area contributed by atoms with Crippen molar-refractivity contribution in [2.75, 3.05) is 20.2 Å². The highest BCUT2D eigenvalue weighted by Gasteiger charge is 2.34. The number of methoxy groups -OCH3 is 1. The summed E-state index contributed by atoms with van der Waals surface area (Å²) in [6.07, 6.45) is 1.75. The molecule has 2 aromatic rings. The molecule has 1 aromatic heterocycles. The van der Waals surface area contributed by atoms with Crippen molar-refractivity contribution < 1.29 is 14.1 Å². The van der Waals surface area contributed by atoms with Crippen LogP contribution in [-0.2, 0) is 0 Å². The van der Waals surface area contributed by atoms with E-state index in [-0.39, 0.29) is 12.1 Å². The van der Waals surface area contributed by atoms with Crippen LogP contribution in [0.15, 0.2) is 28.8 Å². The maximum Gasteiger partial charge on any atom is 0.318 e. The number of carbonyl (C=O) groups excluding carboxylic acids is 1. The minimum atomic E-state index is -0.169. The first kappa shape index (κ1) is 15.3. The number of para-hydroxylation sites is 1. The van der Waals surface area contributed by atoms with Gasteiger partial charge in [0.25, 0.3) is 0 Å². The highest BCUT2D eigenvalue weighted by Crippen LogP contribution is 2.33. The van der Waals surface area contributed by atoms with E-state index in [4.69, 9.17) is 9.26 Å². The van der Waals surface area contributed by atoms with Gasteiger partial charge in [-0.25, -0.2) is 4.79 Å². The van der Waals surface area contributed by atoms with Gasteiger partial charge >= 0.3 is 6.03 Å². The van der Waals surface area contributed by atoms with Gasteiger partial charge in [0, 0.05) is 13.1 Å². The summed E-state index contributed by atoms with van der Waals surface area (Å²) in [7, 11) is 1.60. The maximum absolute atomic E-state index is 12.1. The summed E-state index contributed by atoms with van der Waals surface area (Å²) in [5.74, 6) is 1.63. The summed E-state index contributed by atoms with van der Waals surface area (Å²) < 4.78 is 10.8. The third-order valence-electron chi connectivity index (χ3n) is 3.92. The second-order valence-electron chi connectivity index (χ2n) is 5.34. The molecule has 1 N–H and O–H groups in total. The normalized spacial score (nSPS) is 17.3. The van der Waals surface area contributed by atoms with Crippen molar-refractivity contribution in [1.82, 2.24) is 20.4 Å². The van der Waals surface area contributed by atoms with Gasteiger partial charge in [-0.15, -0.1) is 0 Å². The van der Waals surface area contributed by atoms with Crippen LogP contribution in [0, 0.1) is 0 Å². The van der Waals surface area contributed by atoms with Crippen LogP contribution >= 0.6 is 0 Å². The Hall–Kier alpha value is -2.57. The summed E-state index contributed by atoms with van der Waals surface area (Å²) in [6, 6.07) is 7.25. The minimum Gasteiger partial charge on any atom is -0.496 e. The van der Waals surface area contributed by atoms with E-state index in [0.717, 1.165) is 18.4 Å². The highest BCUT2D eigenvalue weighted by molar-refractivity contribution is 5.74. The molecular weight excluding hydrogens is 296 g/mol. The molecule has 7 nitrogen and oxygen atoms in total. The number of urea groups is 1. The van der Waals surface area contributed by atoms with Gasteiger partial charge in [-0.05, 0) is 31.9 Å². The third kappa shape index (κ3) is 2.99. The van der Waals surface area contributed by atoms with Gasteiger partial charge in [-0.2, -0.15) is 4.98 Å². The predicted octanol–water partition coefficient (Wildman–Crippen LogP) is 2.61. The van der Waals surface area contributed by atoms with Gasteiger partial charge in [0.2, 0.25) is 11.7 Å². The number of carbonyl (C=O) groups is 1. The van der Waals surface area contributed by atoms with Crippen LogP contribution in [0.2, 0.25) is 0 Å². The van der Waals surface area contributed by atoms with Crippen LogP contribution in [0.3, 0.4) is 0 Å². The van der Waals surface area contributed by atoms with Crippen molar-refractivity contribution in [2.45, 2.75) is 25.8 Å². The number of nitrogens with one attached hydrogen (secondary N) is 1. The number of rotatable bonds is 4. The standard InChI is InChI=1S/C16H20N4O3/c1-3-17-16(21)20-10-6-8-12(20)15-18-14(19-23-15)11-7-4-5-9-13(11)22-2/h4-5,7,9,12H,3,6,8,10H2,1-2H3,(H,17,21)/t12-/m0/s1. The number of aromatic nitrogens is 2. The maximum atomic E-state index is 12.1. The van der Waals surface area contributed by atoms with E-state index in [1.807, 2.05) is 31.2 Å². The Bertz CT molecular complexity index is 685. The Morgan fingerprint density at radius 2 is 2.30 bits per heavy atom. The van der Waals surface area contributed by atoms with Crippen molar-refractivity contribution in [3.8, 4) is 17.1 Å².